The van der Waals surface area contributed by atoms with Crippen molar-refractivity contribution < 1.29 is 9.18 Å². The molecule has 0 aliphatic heterocycles. The Bertz CT molecular complexity index is 908. The molecule has 0 fully saturated rings. The number of anilines is 2. The van der Waals surface area contributed by atoms with Crippen molar-refractivity contribution in [3.05, 3.63) is 83.4 Å². The zero-order chi connectivity index (χ0) is 19.2. The minimum Gasteiger partial charge on any atom is -0.350 e. The summed E-state index contributed by atoms with van der Waals surface area (Å²) in [6.07, 6.45) is 2.96. The summed E-state index contributed by atoms with van der Waals surface area (Å²) in [4.78, 5) is 20.8. The van der Waals surface area contributed by atoms with Crippen LogP contribution in [0.1, 0.15) is 41.3 Å². The van der Waals surface area contributed by atoms with Crippen molar-refractivity contribution in [2.75, 3.05) is 10.6 Å². The average Bonchev–Trinajstić information content (AvgIpc) is 2.68. The van der Waals surface area contributed by atoms with Gasteiger partial charge in [0.25, 0.3) is 5.91 Å². The van der Waals surface area contributed by atoms with Crippen LogP contribution >= 0.6 is 0 Å². The third kappa shape index (κ3) is 4.88. The van der Waals surface area contributed by atoms with Crippen LogP contribution in [0.5, 0.6) is 0 Å². The summed E-state index contributed by atoms with van der Waals surface area (Å²) in [5, 5.41) is 5.96. The zero-order valence-electron chi connectivity index (χ0n) is 15.2. The summed E-state index contributed by atoms with van der Waals surface area (Å²) >= 11 is 0. The van der Waals surface area contributed by atoms with E-state index in [9.17, 15) is 9.18 Å². The van der Waals surface area contributed by atoms with E-state index in [1.165, 1.54) is 24.5 Å². The van der Waals surface area contributed by atoms with E-state index < -0.39 is 0 Å². The molecule has 3 aromatic rings. The first kappa shape index (κ1) is 18.5. The molecule has 1 amide bonds. The topological polar surface area (TPSA) is 66.9 Å². The predicted octanol–water partition coefficient (Wildman–Crippen LogP) is 4.60. The number of aromatic nitrogens is 2. The fraction of sp³-hybridized carbons (Fsp3) is 0.190. The van der Waals surface area contributed by atoms with Crippen LogP contribution in [0.4, 0.5) is 16.0 Å². The molecule has 0 saturated heterocycles. The normalized spacial score (nSPS) is 10.7. The standard InChI is InChI=1S/C21H21FN4O/c1-14(2)18-5-3-4-6-19(18)26-20(27)16-12-24-21(25-13-16)23-11-15-7-9-17(22)10-8-15/h3-10,12-14H,11H2,1-2H3,(H,26,27)(H,23,24,25). The van der Waals surface area contributed by atoms with E-state index in [0.29, 0.717) is 24.0 Å². The predicted molar refractivity (Wildman–Crippen MR) is 104 cm³/mol. The van der Waals surface area contributed by atoms with Gasteiger partial charge in [0.2, 0.25) is 5.95 Å². The van der Waals surface area contributed by atoms with E-state index in [4.69, 9.17) is 0 Å². The number of hydrogen-bond donors (Lipinski definition) is 2. The second-order valence-electron chi connectivity index (χ2n) is 6.47. The first-order valence-electron chi connectivity index (χ1n) is 8.73. The van der Waals surface area contributed by atoms with Crippen molar-refractivity contribution in [1.82, 2.24) is 9.97 Å². The molecule has 6 heteroatoms. The van der Waals surface area contributed by atoms with Crippen molar-refractivity contribution in [1.29, 1.82) is 0 Å². The highest BCUT2D eigenvalue weighted by Crippen LogP contribution is 2.24. The smallest absolute Gasteiger partial charge is 0.258 e. The first-order valence-corrected chi connectivity index (χ1v) is 8.73. The Kier molecular flexibility index (Phi) is 5.76. The summed E-state index contributed by atoms with van der Waals surface area (Å²) in [5.41, 5.74) is 3.15. The Hall–Kier alpha value is -3.28. The monoisotopic (exact) mass is 364 g/mol. The number of para-hydroxylation sites is 1. The second kappa shape index (κ2) is 8.40. The molecule has 0 bridgehead atoms. The molecule has 0 saturated carbocycles. The maximum atomic E-state index is 12.9. The van der Waals surface area contributed by atoms with Gasteiger partial charge >= 0.3 is 0 Å². The number of carbonyl (C=O) groups is 1. The number of rotatable bonds is 6. The van der Waals surface area contributed by atoms with E-state index in [0.717, 1.165) is 16.8 Å². The van der Waals surface area contributed by atoms with Gasteiger partial charge in [-0.2, -0.15) is 0 Å². The maximum Gasteiger partial charge on any atom is 0.258 e. The van der Waals surface area contributed by atoms with Crippen LogP contribution in [0.3, 0.4) is 0 Å². The lowest BCUT2D eigenvalue weighted by Crippen LogP contribution is -2.15. The van der Waals surface area contributed by atoms with Gasteiger partial charge in [0.05, 0.1) is 5.56 Å². The Balaban J connectivity index is 1.63. The van der Waals surface area contributed by atoms with E-state index in [1.807, 2.05) is 24.3 Å². The Morgan fingerprint density at radius 3 is 2.37 bits per heavy atom. The summed E-state index contributed by atoms with van der Waals surface area (Å²) in [6.45, 7) is 4.62. The highest BCUT2D eigenvalue weighted by atomic mass is 19.1. The molecule has 0 aliphatic carbocycles. The fourth-order valence-electron chi connectivity index (χ4n) is 2.63. The number of carbonyl (C=O) groups excluding carboxylic acids is 1. The molecule has 0 unspecified atom stereocenters. The van der Waals surface area contributed by atoms with Crippen LogP contribution < -0.4 is 10.6 Å². The molecule has 0 aliphatic rings. The quantitative estimate of drug-likeness (QED) is 0.671. The van der Waals surface area contributed by atoms with Gasteiger partial charge in [0, 0.05) is 24.6 Å². The third-order valence-corrected chi connectivity index (χ3v) is 4.11. The van der Waals surface area contributed by atoms with Gasteiger partial charge in [-0.25, -0.2) is 14.4 Å². The van der Waals surface area contributed by atoms with Gasteiger partial charge in [-0.15, -0.1) is 0 Å². The number of hydrogen-bond acceptors (Lipinski definition) is 4. The lowest BCUT2D eigenvalue weighted by atomic mass is 10.0. The second-order valence-corrected chi connectivity index (χ2v) is 6.47. The van der Waals surface area contributed by atoms with Crippen molar-refractivity contribution in [2.24, 2.45) is 0 Å². The lowest BCUT2D eigenvalue weighted by Gasteiger charge is -2.13. The SMILES string of the molecule is CC(C)c1ccccc1NC(=O)c1cnc(NCc2ccc(F)cc2)nc1. The van der Waals surface area contributed by atoms with Crippen LogP contribution in [0.2, 0.25) is 0 Å². The largest absolute Gasteiger partial charge is 0.350 e. The highest BCUT2D eigenvalue weighted by Gasteiger charge is 2.11. The summed E-state index contributed by atoms with van der Waals surface area (Å²) < 4.78 is 12.9. The van der Waals surface area contributed by atoms with E-state index in [-0.39, 0.29) is 11.7 Å². The van der Waals surface area contributed by atoms with E-state index in [1.54, 1.807) is 12.1 Å². The minimum absolute atomic E-state index is 0.256. The van der Waals surface area contributed by atoms with Gasteiger partial charge in [-0.1, -0.05) is 44.2 Å². The molecule has 1 heterocycles. The Morgan fingerprint density at radius 2 is 1.70 bits per heavy atom. The zero-order valence-corrected chi connectivity index (χ0v) is 15.2. The van der Waals surface area contributed by atoms with Crippen LogP contribution in [0, 0.1) is 5.82 Å². The van der Waals surface area contributed by atoms with Gasteiger partial charge in [0.15, 0.2) is 0 Å². The number of benzene rings is 2. The van der Waals surface area contributed by atoms with Crippen LogP contribution in [-0.4, -0.2) is 15.9 Å². The molecule has 0 radical (unpaired) electrons. The minimum atomic E-state index is -0.274. The van der Waals surface area contributed by atoms with E-state index >= 15 is 0 Å². The van der Waals surface area contributed by atoms with Crippen LogP contribution in [0.25, 0.3) is 0 Å². The van der Waals surface area contributed by atoms with E-state index in [2.05, 4.69) is 34.4 Å². The average molecular weight is 364 g/mol. The molecular weight excluding hydrogens is 343 g/mol. The van der Waals surface area contributed by atoms with Gasteiger partial charge in [-0.05, 0) is 35.2 Å². The van der Waals surface area contributed by atoms with Gasteiger partial charge in [-0.3, -0.25) is 4.79 Å². The lowest BCUT2D eigenvalue weighted by molar-refractivity contribution is 0.102. The van der Waals surface area contributed by atoms with Crippen molar-refractivity contribution in [3.8, 4) is 0 Å². The first-order chi connectivity index (χ1) is 13.0. The molecule has 2 N–H and O–H groups in total. The Labute approximate surface area is 157 Å². The summed E-state index contributed by atoms with van der Waals surface area (Å²) in [6, 6.07) is 13.9. The maximum absolute atomic E-state index is 12.9. The van der Waals surface area contributed by atoms with Crippen molar-refractivity contribution in [3.63, 3.8) is 0 Å². The molecular formula is C21H21FN4O. The van der Waals surface area contributed by atoms with Crippen molar-refractivity contribution in [2.45, 2.75) is 26.3 Å². The number of halogens is 1. The fourth-order valence-corrected chi connectivity index (χ4v) is 2.63. The van der Waals surface area contributed by atoms with Crippen LogP contribution in [0.15, 0.2) is 60.9 Å². The van der Waals surface area contributed by atoms with Crippen LogP contribution in [-0.2, 0) is 6.54 Å². The molecule has 5 nitrogen and oxygen atoms in total. The molecule has 3 rings (SSSR count). The summed E-state index contributed by atoms with van der Waals surface area (Å²) in [5.74, 6) is 0.173. The molecule has 1 aromatic heterocycles. The molecule has 138 valence electrons. The summed E-state index contributed by atoms with van der Waals surface area (Å²) in [7, 11) is 0. The van der Waals surface area contributed by atoms with Crippen molar-refractivity contribution >= 4 is 17.5 Å². The molecule has 27 heavy (non-hydrogen) atoms. The molecule has 0 spiro atoms. The highest BCUT2D eigenvalue weighted by molar-refractivity contribution is 6.04. The number of amides is 1. The van der Waals surface area contributed by atoms with Gasteiger partial charge < -0.3 is 10.6 Å². The molecule has 2 aromatic carbocycles. The number of nitrogens with zero attached hydrogens (tertiary/aromatic N) is 2. The number of nitrogens with one attached hydrogen (secondary N) is 2. The molecule has 0 atom stereocenters. The van der Waals surface area contributed by atoms with Gasteiger partial charge in [0.1, 0.15) is 5.82 Å². The Morgan fingerprint density at radius 1 is 1.04 bits per heavy atom. The third-order valence-electron chi connectivity index (χ3n) is 4.11.